The van der Waals surface area contributed by atoms with Crippen LogP contribution >= 0.6 is 11.3 Å². The highest BCUT2D eigenvalue weighted by Gasteiger charge is 2.16. The number of hydrogen-bond acceptors (Lipinski definition) is 4. The van der Waals surface area contributed by atoms with Crippen LogP contribution in [-0.4, -0.2) is 16.7 Å². The molecule has 0 aliphatic heterocycles. The van der Waals surface area contributed by atoms with Crippen LogP contribution in [-0.2, 0) is 0 Å². The first-order valence-corrected chi connectivity index (χ1v) is 5.99. The lowest BCUT2D eigenvalue weighted by Crippen LogP contribution is -2.02. The van der Waals surface area contributed by atoms with Gasteiger partial charge in [-0.15, -0.1) is 11.3 Å². The number of thiazole rings is 1. The zero-order valence-electron chi connectivity index (χ0n) is 8.96. The summed E-state index contributed by atoms with van der Waals surface area (Å²) in [6.07, 6.45) is 1.02. The van der Waals surface area contributed by atoms with Crippen molar-refractivity contribution in [2.24, 2.45) is 0 Å². The van der Waals surface area contributed by atoms with E-state index in [1.807, 2.05) is 31.2 Å². The molecule has 1 unspecified atom stereocenters. The molecular weight excluding hydrogens is 222 g/mol. The zero-order chi connectivity index (χ0) is 11.4. The van der Waals surface area contributed by atoms with E-state index in [2.05, 4.69) is 4.98 Å². The molecule has 84 valence electrons. The van der Waals surface area contributed by atoms with Gasteiger partial charge in [-0.3, -0.25) is 4.98 Å². The van der Waals surface area contributed by atoms with Gasteiger partial charge in [-0.25, -0.2) is 0 Å². The van der Waals surface area contributed by atoms with Crippen molar-refractivity contribution in [2.75, 3.05) is 6.61 Å². The first-order valence-electron chi connectivity index (χ1n) is 5.11. The van der Waals surface area contributed by atoms with Crippen molar-refractivity contribution in [2.45, 2.75) is 13.0 Å². The lowest BCUT2D eigenvalue weighted by Gasteiger charge is -2.13. The molecule has 0 aliphatic carbocycles. The summed E-state index contributed by atoms with van der Waals surface area (Å²) < 4.78 is 5.48. The highest BCUT2D eigenvalue weighted by molar-refractivity contribution is 7.09. The molecule has 2 rings (SSSR count). The molecule has 0 amide bonds. The number of aliphatic hydroxyl groups excluding tert-OH is 1. The maximum Gasteiger partial charge on any atom is 0.125 e. The maximum atomic E-state index is 10.2. The Morgan fingerprint density at radius 3 is 2.94 bits per heavy atom. The van der Waals surface area contributed by atoms with Gasteiger partial charge in [0.15, 0.2) is 0 Å². The van der Waals surface area contributed by atoms with Crippen molar-refractivity contribution in [3.05, 3.63) is 46.4 Å². The zero-order valence-corrected chi connectivity index (χ0v) is 9.78. The van der Waals surface area contributed by atoms with Gasteiger partial charge in [0.2, 0.25) is 0 Å². The normalized spacial score (nSPS) is 12.4. The molecule has 0 fully saturated rings. The van der Waals surface area contributed by atoms with Gasteiger partial charge in [0.05, 0.1) is 17.0 Å². The first-order chi connectivity index (χ1) is 7.83. The van der Waals surface area contributed by atoms with E-state index < -0.39 is 6.10 Å². The summed E-state index contributed by atoms with van der Waals surface area (Å²) in [6.45, 7) is 2.52. The van der Waals surface area contributed by atoms with Crippen LogP contribution in [0.4, 0.5) is 0 Å². The van der Waals surface area contributed by atoms with Crippen molar-refractivity contribution in [3.63, 3.8) is 0 Å². The fraction of sp³-hybridized carbons (Fsp3) is 0.250. The van der Waals surface area contributed by atoms with Crippen LogP contribution in [0.3, 0.4) is 0 Å². The molecule has 16 heavy (non-hydrogen) atoms. The van der Waals surface area contributed by atoms with E-state index >= 15 is 0 Å². The molecule has 4 heteroatoms. The van der Waals surface area contributed by atoms with Crippen LogP contribution in [0.25, 0.3) is 0 Å². The van der Waals surface area contributed by atoms with E-state index in [9.17, 15) is 5.11 Å². The van der Waals surface area contributed by atoms with Gasteiger partial charge < -0.3 is 9.84 Å². The molecule has 0 spiro atoms. The average molecular weight is 235 g/mol. The second-order valence-corrected chi connectivity index (χ2v) is 4.20. The van der Waals surface area contributed by atoms with Crippen molar-refractivity contribution in [3.8, 4) is 5.75 Å². The summed E-state index contributed by atoms with van der Waals surface area (Å²) in [5.41, 5.74) is 2.50. The van der Waals surface area contributed by atoms with E-state index in [0.717, 1.165) is 16.2 Å². The SMILES string of the molecule is CCOc1ccccc1C(O)c1cncs1. The van der Waals surface area contributed by atoms with E-state index in [1.54, 1.807) is 11.7 Å². The molecule has 3 nitrogen and oxygen atoms in total. The Hall–Kier alpha value is -1.39. The Bertz CT molecular complexity index is 442. The third-order valence-electron chi connectivity index (χ3n) is 2.23. The van der Waals surface area contributed by atoms with Crippen molar-refractivity contribution >= 4 is 11.3 Å². The number of hydrogen-bond donors (Lipinski definition) is 1. The number of rotatable bonds is 4. The number of nitrogens with zero attached hydrogens (tertiary/aromatic N) is 1. The largest absolute Gasteiger partial charge is 0.493 e. The van der Waals surface area contributed by atoms with Crippen molar-refractivity contribution in [1.29, 1.82) is 0 Å². The number of para-hydroxylation sites is 1. The summed E-state index contributed by atoms with van der Waals surface area (Å²) in [5, 5.41) is 10.2. The minimum atomic E-state index is -0.657. The van der Waals surface area contributed by atoms with Crippen LogP contribution in [0, 0.1) is 0 Å². The summed E-state index contributed by atoms with van der Waals surface area (Å²) in [7, 11) is 0. The van der Waals surface area contributed by atoms with E-state index in [0.29, 0.717) is 6.61 Å². The highest BCUT2D eigenvalue weighted by Crippen LogP contribution is 2.31. The Morgan fingerprint density at radius 1 is 1.44 bits per heavy atom. The van der Waals surface area contributed by atoms with Gasteiger partial charge in [0.25, 0.3) is 0 Å². The van der Waals surface area contributed by atoms with Gasteiger partial charge in [-0.1, -0.05) is 18.2 Å². The molecule has 0 saturated carbocycles. The standard InChI is InChI=1S/C12H13NO2S/c1-2-15-10-6-4-3-5-9(10)12(14)11-7-13-8-16-11/h3-8,12,14H,2H2,1H3. The quantitative estimate of drug-likeness (QED) is 0.885. The molecule has 1 atom stereocenters. The summed E-state index contributed by atoms with van der Waals surface area (Å²) in [5.74, 6) is 0.728. The first kappa shape index (κ1) is 11.1. The second-order valence-electron chi connectivity index (χ2n) is 3.28. The minimum Gasteiger partial charge on any atom is -0.493 e. The van der Waals surface area contributed by atoms with Gasteiger partial charge in [-0.05, 0) is 13.0 Å². The Labute approximate surface area is 98.4 Å². The lowest BCUT2D eigenvalue weighted by atomic mass is 10.1. The van der Waals surface area contributed by atoms with Crippen LogP contribution in [0.1, 0.15) is 23.5 Å². The minimum absolute atomic E-state index is 0.590. The lowest BCUT2D eigenvalue weighted by molar-refractivity contribution is 0.215. The Morgan fingerprint density at radius 2 is 2.25 bits per heavy atom. The molecule has 1 heterocycles. The molecule has 0 bridgehead atoms. The van der Waals surface area contributed by atoms with Crippen LogP contribution in [0.15, 0.2) is 36.0 Å². The van der Waals surface area contributed by atoms with Crippen LogP contribution in [0.2, 0.25) is 0 Å². The molecule has 1 N–H and O–H groups in total. The Balaban J connectivity index is 2.32. The molecule has 1 aromatic heterocycles. The van der Waals surface area contributed by atoms with Gasteiger partial charge in [0, 0.05) is 11.8 Å². The fourth-order valence-electron chi connectivity index (χ4n) is 1.51. The molecule has 2 aromatic rings. The maximum absolute atomic E-state index is 10.2. The second kappa shape index (κ2) is 5.09. The molecule has 1 aromatic carbocycles. The van der Waals surface area contributed by atoms with Gasteiger partial charge in [0.1, 0.15) is 11.9 Å². The van der Waals surface area contributed by atoms with Gasteiger partial charge >= 0.3 is 0 Å². The molecular formula is C12H13NO2S. The summed E-state index contributed by atoms with van der Waals surface area (Å²) >= 11 is 1.44. The van der Waals surface area contributed by atoms with E-state index in [4.69, 9.17) is 4.74 Å². The number of aromatic nitrogens is 1. The van der Waals surface area contributed by atoms with Gasteiger partial charge in [-0.2, -0.15) is 0 Å². The smallest absolute Gasteiger partial charge is 0.125 e. The Kier molecular flexibility index (Phi) is 3.54. The van der Waals surface area contributed by atoms with Crippen LogP contribution < -0.4 is 4.74 Å². The third kappa shape index (κ3) is 2.23. The predicted octanol–water partition coefficient (Wildman–Crippen LogP) is 2.62. The molecule has 0 radical (unpaired) electrons. The van der Waals surface area contributed by atoms with Crippen molar-refractivity contribution < 1.29 is 9.84 Å². The number of benzene rings is 1. The molecule has 0 saturated heterocycles. The third-order valence-corrected chi connectivity index (χ3v) is 3.06. The number of ether oxygens (including phenoxy) is 1. The highest BCUT2D eigenvalue weighted by atomic mass is 32.1. The van der Waals surface area contributed by atoms with E-state index in [-0.39, 0.29) is 0 Å². The van der Waals surface area contributed by atoms with Crippen molar-refractivity contribution in [1.82, 2.24) is 4.98 Å². The predicted molar refractivity (Wildman–Crippen MR) is 63.8 cm³/mol. The molecule has 0 aliphatic rings. The van der Waals surface area contributed by atoms with Crippen LogP contribution in [0.5, 0.6) is 5.75 Å². The monoisotopic (exact) mass is 235 g/mol. The summed E-state index contributed by atoms with van der Waals surface area (Å²) in [4.78, 5) is 4.79. The summed E-state index contributed by atoms with van der Waals surface area (Å²) in [6, 6.07) is 7.52. The average Bonchev–Trinajstić information content (AvgIpc) is 2.83. The number of aliphatic hydroxyl groups is 1. The fourth-order valence-corrected chi connectivity index (χ4v) is 2.13. The van der Waals surface area contributed by atoms with E-state index in [1.165, 1.54) is 11.3 Å². The topological polar surface area (TPSA) is 42.4 Å².